The van der Waals surface area contributed by atoms with Gasteiger partial charge in [-0.2, -0.15) is 0 Å². The Morgan fingerprint density at radius 2 is 2.21 bits per heavy atom. The maximum Gasteiger partial charge on any atom is 0.228 e. The Hall–Kier alpha value is -0.800. The number of nitrogens with zero attached hydrogens (tertiary/aromatic N) is 4. The molecule has 0 atom stereocenters. The Bertz CT molecular complexity index is 780. The molecule has 130 valence electrons. The lowest BCUT2D eigenvalue weighted by Crippen LogP contribution is -2.32. The summed E-state index contributed by atoms with van der Waals surface area (Å²) in [6.07, 6.45) is 2.59. The summed E-state index contributed by atoms with van der Waals surface area (Å²) in [5.41, 5.74) is 0. The predicted molar refractivity (Wildman–Crippen MR) is 103 cm³/mol. The quantitative estimate of drug-likeness (QED) is 0.644. The van der Waals surface area contributed by atoms with Gasteiger partial charge in [-0.1, -0.05) is 29.9 Å². The van der Waals surface area contributed by atoms with Crippen molar-refractivity contribution in [3.05, 3.63) is 25.3 Å². The van der Waals surface area contributed by atoms with E-state index in [1.807, 2.05) is 31.0 Å². The molecule has 1 aliphatic carbocycles. The van der Waals surface area contributed by atoms with Crippen LogP contribution in [0.2, 0.25) is 4.34 Å². The van der Waals surface area contributed by atoms with Crippen LogP contribution in [0.3, 0.4) is 0 Å². The Balaban J connectivity index is 1.71. The van der Waals surface area contributed by atoms with Gasteiger partial charge in [0.15, 0.2) is 3.95 Å². The van der Waals surface area contributed by atoms with Crippen LogP contribution in [-0.2, 0) is 18.0 Å². The van der Waals surface area contributed by atoms with Crippen LogP contribution in [0.15, 0.2) is 12.1 Å². The third kappa shape index (κ3) is 4.23. The molecule has 0 unspecified atom stereocenters. The first-order chi connectivity index (χ1) is 11.5. The minimum atomic E-state index is 0.120. The third-order valence-corrected chi connectivity index (χ3v) is 6.24. The van der Waals surface area contributed by atoms with Gasteiger partial charge in [-0.25, -0.2) is 4.68 Å². The zero-order chi connectivity index (χ0) is 17.3. The van der Waals surface area contributed by atoms with Crippen LogP contribution >= 0.6 is 46.5 Å². The highest BCUT2D eigenvalue weighted by Crippen LogP contribution is 2.34. The molecule has 5 nitrogen and oxygen atoms in total. The molecule has 2 aromatic rings. The van der Waals surface area contributed by atoms with Crippen LogP contribution in [0.5, 0.6) is 0 Å². The van der Waals surface area contributed by atoms with Crippen molar-refractivity contribution in [3.8, 4) is 0 Å². The van der Waals surface area contributed by atoms with Gasteiger partial charge in [0.25, 0.3) is 0 Å². The van der Waals surface area contributed by atoms with E-state index in [-0.39, 0.29) is 5.91 Å². The van der Waals surface area contributed by atoms with Gasteiger partial charge in [-0.15, -0.1) is 16.4 Å². The molecule has 9 heteroatoms. The van der Waals surface area contributed by atoms with E-state index >= 15 is 0 Å². The first kappa shape index (κ1) is 18.0. The average Bonchev–Trinajstić information content (AvgIpc) is 3.19. The van der Waals surface area contributed by atoms with Crippen LogP contribution in [0.4, 0.5) is 5.13 Å². The molecule has 2 aromatic heterocycles. The van der Waals surface area contributed by atoms with Crippen LogP contribution in [0.1, 0.15) is 31.1 Å². The topological polar surface area (TPSA) is 41.4 Å². The molecule has 1 amide bonds. The normalized spacial score (nSPS) is 14.3. The molecule has 0 bridgehead atoms. The highest BCUT2D eigenvalue weighted by molar-refractivity contribution is 7.73. The highest BCUT2D eigenvalue weighted by Gasteiger charge is 2.35. The molecule has 0 aromatic carbocycles. The number of rotatable bonds is 7. The Morgan fingerprint density at radius 3 is 2.79 bits per heavy atom. The smallest absolute Gasteiger partial charge is 0.228 e. The second-order valence-electron chi connectivity index (χ2n) is 5.86. The van der Waals surface area contributed by atoms with Gasteiger partial charge in [0, 0.05) is 23.9 Å². The minimum absolute atomic E-state index is 0.120. The van der Waals surface area contributed by atoms with Crippen molar-refractivity contribution in [2.24, 2.45) is 0 Å². The number of carbonyl (C=O) groups excluding carboxylic acids is 1. The molecule has 0 aliphatic heterocycles. The first-order valence-corrected chi connectivity index (χ1v) is 10.2. The van der Waals surface area contributed by atoms with Gasteiger partial charge >= 0.3 is 0 Å². The van der Waals surface area contributed by atoms with E-state index in [0.29, 0.717) is 23.1 Å². The summed E-state index contributed by atoms with van der Waals surface area (Å²) in [5, 5.41) is 5.32. The van der Waals surface area contributed by atoms with Crippen molar-refractivity contribution in [2.75, 3.05) is 11.9 Å². The van der Waals surface area contributed by atoms with Crippen molar-refractivity contribution in [1.82, 2.24) is 14.7 Å². The molecule has 3 rings (SSSR count). The standard InChI is InChI=1S/C15H19ClN4OS3/c1-3-13(21)20(10-4-5-10)14-17-19(15(22)24-14)9-18(2)8-11-6-7-12(16)23-11/h6-7,10H,3-5,8-9H2,1-2H3. The van der Waals surface area contributed by atoms with Crippen molar-refractivity contribution < 1.29 is 4.79 Å². The third-order valence-electron chi connectivity index (χ3n) is 3.71. The largest absolute Gasteiger partial charge is 0.284 e. The molecule has 0 N–H and O–H groups in total. The zero-order valence-corrected chi connectivity index (χ0v) is 16.8. The second kappa shape index (κ2) is 7.61. The predicted octanol–water partition coefficient (Wildman–Crippen LogP) is 4.38. The summed E-state index contributed by atoms with van der Waals surface area (Å²) < 4.78 is 3.28. The lowest BCUT2D eigenvalue weighted by atomic mass is 10.4. The van der Waals surface area contributed by atoms with Gasteiger partial charge < -0.3 is 0 Å². The molecule has 0 radical (unpaired) electrons. The van der Waals surface area contributed by atoms with E-state index < -0.39 is 0 Å². The monoisotopic (exact) mass is 402 g/mol. The second-order valence-corrected chi connectivity index (χ2v) is 9.26. The fourth-order valence-corrected chi connectivity index (χ4v) is 4.77. The summed E-state index contributed by atoms with van der Waals surface area (Å²) >= 11 is 14.4. The average molecular weight is 403 g/mol. The fraction of sp³-hybridized carbons (Fsp3) is 0.533. The molecule has 1 fully saturated rings. The number of halogens is 1. The van der Waals surface area contributed by atoms with E-state index in [2.05, 4.69) is 10.00 Å². The lowest BCUT2D eigenvalue weighted by molar-refractivity contribution is -0.118. The summed E-state index contributed by atoms with van der Waals surface area (Å²) in [7, 11) is 2.02. The minimum Gasteiger partial charge on any atom is -0.284 e. The lowest BCUT2D eigenvalue weighted by Gasteiger charge is -2.18. The van der Waals surface area contributed by atoms with Crippen LogP contribution in [-0.4, -0.2) is 33.7 Å². The summed E-state index contributed by atoms with van der Waals surface area (Å²) in [6.45, 7) is 3.25. The summed E-state index contributed by atoms with van der Waals surface area (Å²) in [4.78, 5) is 17.4. The zero-order valence-electron chi connectivity index (χ0n) is 13.6. The Kier molecular flexibility index (Phi) is 5.71. The van der Waals surface area contributed by atoms with E-state index in [1.165, 1.54) is 16.2 Å². The molecule has 1 aliphatic rings. The van der Waals surface area contributed by atoms with Gasteiger partial charge in [-0.3, -0.25) is 14.6 Å². The maximum absolute atomic E-state index is 12.2. The van der Waals surface area contributed by atoms with E-state index in [1.54, 1.807) is 16.0 Å². The van der Waals surface area contributed by atoms with Gasteiger partial charge in [0.05, 0.1) is 11.0 Å². The van der Waals surface area contributed by atoms with Crippen LogP contribution in [0, 0.1) is 3.95 Å². The van der Waals surface area contributed by atoms with Gasteiger partial charge in [0.2, 0.25) is 11.0 Å². The van der Waals surface area contributed by atoms with Crippen molar-refractivity contribution in [1.29, 1.82) is 0 Å². The van der Waals surface area contributed by atoms with Crippen LogP contribution in [0.25, 0.3) is 0 Å². The van der Waals surface area contributed by atoms with E-state index in [4.69, 9.17) is 23.8 Å². The Labute approximate surface area is 159 Å². The van der Waals surface area contributed by atoms with E-state index in [9.17, 15) is 4.79 Å². The molecule has 24 heavy (non-hydrogen) atoms. The number of hydrogen-bond acceptors (Lipinski definition) is 6. The van der Waals surface area contributed by atoms with Crippen molar-refractivity contribution in [3.63, 3.8) is 0 Å². The number of anilines is 1. The maximum atomic E-state index is 12.2. The van der Waals surface area contributed by atoms with Crippen molar-refractivity contribution >= 4 is 57.5 Å². The van der Waals surface area contributed by atoms with Gasteiger partial charge in [-0.05, 0) is 44.2 Å². The number of carbonyl (C=O) groups is 1. The Morgan fingerprint density at radius 1 is 1.46 bits per heavy atom. The summed E-state index contributed by atoms with van der Waals surface area (Å²) in [6, 6.07) is 4.24. The SMILES string of the molecule is CCC(=O)N(c1nn(CN(C)Cc2ccc(Cl)s2)c(=S)s1)C1CC1. The number of thiophene rings is 1. The molecule has 0 saturated heterocycles. The van der Waals surface area contributed by atoms with Crippen LogP contribution < -0.4 is 4.90 Å². The molecule has 0 spiro atoms. The molecule has 1 saturated carbocycles. The highest BCUT2D eigenvalue weighted by atomic mass is 35.5. The molecular formula is C15H19ClN4OS3. The molecule has 2 heterocycles. The van der Waals surface area contributed by atoms with Crippen molar-refractivity contribution in [2.45, 2.75) is 45.4 Å². The molecular weight excluding hydrogens is 384 g/mol. The fourth-order valence-electron chi connectivity index (χ4n) is 2.43. The number of aromatic nitrogens is 2. The number of hydrogen-bond donors (Lipinski definition) is 0. The van der Waals surface area contributed by atoms with Gasteiger partial charge in [0.1, 0.15) is 0 Å². The summed E-state index contributed by atoms with van der Waals surface area (Å²) in [5.74, 6) is 0.120. The first-order valence-electron chi connectivity index (χ1n) is 7.80. The van der Waals surface area contributed by atoms with E-state index in [0.717, 1.165) is 28.9 Å². The number of amides is 1.